The van der Waals surface area contributed by atoms with Crippen LogP contribution in [-0.2, 0) is 23.1 Å². The van der Waals surface area contributed by atoms with Gasteiger partial charge in [-0.3, -0.25) is 18.7 Å². The number of Topliss-reactive ketones (excluding diaryl/α,β-unsaturated/α-hetero) is 1. The summed E-state index contributed by atoms with van der Waals surface area (Å²) in [5.41, 5.74) is 4.88. The van der Waals surface area contributed by atoms with Crippen LogP contribution in [0.4, 0.5) is 10.2 Å². The molecule has 3 rings (SSSR count). The number of nitrogens with zero attached hydrogens (tertiary/aromatic N) is 2. The summed E-state index contributed by atoms with van der Waals surface area (Å²) in [6.07, 6.45) is 2.17. The van der Waals surface area contributed by atoms with E-state index in [1.54, 1.807) is 36.4 Å². The summed E-state index contributed by atoms with van der Waals surface area (Å²) in [6, 6.07) is 14.7. The molecule has 0 saturated carbocycles. The topological polar surface area (TPSA) is 113 Å². The van der Waals surface area contributed by atoms with Crippen LogP contribution in [0.2, 0.25) is 0 Å². The van der Waals surface area contributed by atoms with Gasteiger partial charge >= 0.3 is 11.7 Å². The van der Waals surface area contributed by atoms with Crippen LogP contribution in [0.1, 0.15) is 21.5 Å². The predicted molar refractivity (Wildman–Crippen MR) is 117 cm³/mol. The average molecular weight is 437 g/mol. The first kappa shape index (κ1) is 22.4. The molecule has 0 saturated heterocycles. The highest BCUT2D eigenvalue weighted by Crippen LogP contribution is 2.11. The molecule has 0 unspecified atom stereocenters. The van der Waals surface area contributed by atoms with Gasteiger partial charge in [0.2, 0.25) is 5.78 Å². The molecule has 0 amide bonds. The van der Waals surface area contributed by atoms with Gasteiger partial charge in [0.1, 0.15) is 17.2 Å². The van der Waals surface area contributed by atoms with Gasteiger partial charge in [-0.15, -0.1) is 0 Å². The number of carbonyl (C=O) groups excluding carboxylic acids is 2. The van der Waals surface area contributed by atoms with Gasteiger partial charge in [0.05, 0.1) is 6.54 Å². The maximum atomic E-state index is 13.6. The molecule has 1 heterocycles. The molecule has 32 heavy (non-hydrogen) atoms. The van der Waals surface area contributed by atoms with E-state index in [9.17, 15) is 23.6 Å². The number of esters is 1. The van der Waals surface area contributed by atoms with Crippen molar-refractivity contribution >= 4 is 23.6 Å². The molecule has 0 aliphatic carbocycles. The van der Waals surface area contributed by atoms with Gasteiger partial charge in [-0.2, -0.15) is 0 Å². The lowest BCUT2D eigenvalue weighted by Crippen LogP contribution is -2.43. The van der Waals surface area contributed by atoms with E-state index in [1.807, 2.05) is 0 Å². The third kappa shape index (κ3) is 4.89. The first-order valence-electron chi connectivity index (χ1n) is 9.55. The summed E-state index contributed by atoms with van der Waals surface area (Å²) >= 11 is 0. The minimum Gasteiger partial charge on any atom is -0.454 e. The first-order valence-corrected chi connectivity index (χ1v) is 9.55. The Bertz CT molecular complexity index is 1310. The zero-order valence-corrected chi connectivity index (χ0v) is 17.2. The van der Waals surface area contributed by atoms with Crippen molar-refractivity contribution in [3.63, 3.8) is 0 Å². The van der Waals surface area contributed by atoms with Gasteiger partial charge in [-0.1, -0.05) is 48.5 Å². The summed E-state index contributed by atoms with van der Waals surface area (Å²) in [5.74, 6) is -2.61. The van der Waals surface area contributed by atoms with E-state index in [0.29, 0.717) is 0 Å². The van der Waals surface area contributed by atoms with Crippen LogP contribution in [0.5, 0.6) is 0 Å². The molecular formula is C23H20FN3O5. The van der Waals surface area contributed by atoms with Crippen molar-refractivity contribution in [2.75, 3.05) is 12.3 Å². The minimum atomic E-state index is -0.908. The Hall–Kier alpha value is -4.27. The standard InChI is InChI=1S/C23H20FN3O5/c1-26-22(30)20(21(25)27(23(26)31)13-15-7-3-2-4-8-15)18(28)14-32-19(29)12-11-16-9-5-6-10-17(16)24/h2-12H,13-14,25H2,1H3/b12-11+. The second-order valence-corrected chi connectivity index (χ2v) is 6.86. The molecule has 2 N–H and O–H groups in total. The quantitative estimate of drug-likeness (QED) is 0.342. The van der Waals surface area contributed by atoms with Crippen molar-refractivity contribution in [3.8, 4) is 0 Å². The fraction of sp³-hybridized carbons (Fsp3) is 0.130. The number of carbonyl (C=O) groups is 2. The Morgan fingerprint density at radius 3 is 2.41 bits per heavy atom. The third-order valence-electron chi connectivity index (χ3n) is 4.70. The molecule has 3 aromatic rings. The summed E-state index contributed by atoms with van der Waals surface area (Å²) in [6.45, 7) is -0.728. The number of aromatic nitrogens is 2. The van der Waals surface area contributed by atoms with Crippen LogP contribution in [0, 0.1) is 5.82 Å². The van der Waals surface area contributed by atoms with E-state index < -0.39 is 41.0 Å². The number of anilines is 1. The molecule has 0 atom stereocenters. The lowest BCUT2D eigenvalue weighted by Gasteiger charge is -2.14. The second kappa shape index (κ2) is 9.69. The third-order valence-corrected chi connectivity index (χ3v) is 4.70. The van der Waals surface area contributed by atoms with Gasteiger partial charge < -0.3 is 10.5 Å². The zero-order valence-electron chi connectivity index (χ0n) is 17.2. The Labute approximate surface area is 182 Å². The van der Waals surface area contributed by atoms with Crippen molar-refractivity contribution in [2.24, 2.45) is 7.05 Å². The van der Waals surface area contributed by atoms with Crippen LogP contribution in [0.15, 0.2) is 70.3 Å². The van der Waals surface area contributed by atoms with Crippen LogP contribution < -0.4 is 17.0 Å². The maximum Gasteiger partial charge on any atom is 0.332 e. The number of nitrogens with two attached hydrogens (primary N) is 1. The number of hydrogen-bond donors (Lipinski definition) is 1. The first-order chi connectivity index (χ1) is 15.3. The molecule has 0 aliphatic heterocycles. The number of rotatable bonds is 7. The van der Waals surface area contributed by atoms with E-state index in [0.717, 1.165) is 20.8 Å². The molecule has 2 aromatic carbocycles. The number of nitrogen functional groups attached to an aromatic ring is 1. The van der Waals surface area contributed by atoms with Gasteiger partial charge in [0.25, 0.3) is 5.56 Å². The molecule has 0 radical (unpaired) electrons. The molecular weight excluding hydrogens is 417 g/mol. The van der Waals surface area contributed by atoms with E-state index in [2.05, 4.69) is 0 Å². The number of benzene rings is 2. The predicted octanol–water partition coefficient (Wildman–Crippen LogP) is 1.76. The van der Waals surface area contributed by atoms with Crippen LogP contribution in [-0.4, -0.2) is 27.5 Å². The highest BCUT2D eigenvalue weighted by molar-refractivity contribution is 6.02. The van der Waals surface area contributed by atoms with Crippen molar-refractivity contribution in [3.05, 3.63) is 104 Å². The van der Waals surface area contributed by atoms with Crippen molar-refractivity contribution in [1.82, 2.24) is 9.13 Å². The largest absolute Gasteiger partial charge is 0.454 e. The van der Waals surface area contributed by atoms with Crippen molar-refractivity contribution < 1.29 is 18.7 Å². The Kier molecular flexibility index (Phi) is 6.79. The monoisotopic (exact) mass is 437 g/mol. The van der Waals surface area contributed by atoms with E-state index in [4.69, 9.17) is 10.5 Å². The molecule has 164 valence electrons. The fourth-order valence-electron chi connectivity index (χ4n) is 2.99. The Morgan fingerprint density at radius 1 is 1.06 bits per heavy atom. The summed E-state index contributed by atoms with van der Waals surface area (Å²) in [4.78, 5) is 49.5. The zero-order chi connectivity index (χ0) is 23.3. The minimum absolute atomic E-state index is 0.0467. The molecule has 1 aromatic heterocycles. The second-order valence-electron chi connectivity index (χ2n) is 6.86. The molecule has 9 heteroatoms. The van der Waals surface area contributed by atoms with Crippen molar-refractivity contribution in [1.29, 1.82) is 0 Å². The average Bonchev–Trinajstić information content (AvgIpc) is 2.79. The lowest BCUT2D eigenvalue weighted by molar-refractivity contribution is -0.136. The highest BCUT2D eigenvalue weighted by atomic mass is 19.1. The van der Waals surface area contributed by atoms with E-state index in [1.165, 1.54) is 31.3 Å². The fourth-order valence-corrected chi connectivity index (χ4v) is 2.99. The number of halogens is 1. The van der Waals surface area contributed by atoms with Gasteiger partial charge in [-0.25, -0.2) is 14.0 Å². The smallest absolute Gasteiger partial charge is 0.332 e. The van der Waals surface area contributed by atoms with Crippen LogP contribution in [0.3, 0.4) is 0 Å². The van der Waals surface area contributed by atoms with E-state index in [-0.39, 0.29) is 17.9 Å². The SMILES string of the molecule is Cn1c(=O)c(C(=O)COC(=O)/C=C/c2ccccc2F)c(N)n(Cc2ccccc2)c1=O. The maximum absolute atomic E-state index is 13.6. The lowest BCUT2D eigenvalue weighted by atomic mass is 10.2. The van der Waals surface area contributed by atoms with Gasteiger partial charge in [0.15, 0.2) is 6.61 Å². The summed E-state index contributed by atoms with van der Waals surface area (Å²) < 4.78 is 20.3. The number of ether oxygens (including phenoxy) is 1. The summed E-state index contributed by atoms with van der Waals surface area (Å²) in [7, 11) is 1.23. The van der Waals surface area contributed by atoms with Crippen molar-refractivity contribution in [2.45, 2.75) is 6.54 Å². The van der Waals surface area contributed by atoms with Gasteiger partial charge in [0, 0.05) is 18.7 Å². The highest BCUT2D eigenvalue weighted by Gasteiger charge is 2.22. The molecule has 0 spiro atoms. The molecule has 8 nitrogen and oxygen atoms in total. The molecule has 0 aliphatic rings. The molecule has 0 fully saturated rings. The van der Waals surface area contributed by atoms with Crippen LogP contribution >= 0.6 is 0 Å². The van der Waals surface area contributed by atoms with E-state index >= 15 is 0 Å². The Morgan fingerprint density at radius 2 is 1.72 bits per heavy atom. The van der Waals surface area contributed by atoms with Gasteiger partial charge in [-0.05, 0) is 17.7 Å². The number of ketones is 1. The summed E-state index contributed by atoms with van der Waals surface area (Å²) in [5, 5.41) is 0. The Balaban J connectivity index is 1.80. The molecule has 0 bridgehead atoms. The number of hydrogen-bond acceptors (Lipinski definition) is 6. The van der Waals surface area contributed by atoms with Crippen LogP contribution in [0.25, 0.3) is 6.08 Å². The normalized spacial score (nSPS) is 10.9.